The minimum absolute atomic E-state index is 0.464. The first-order valence-corrected chi connectivity index (χ1v) is 5.22. The Balaban J connectivity index is 2.69. The number of para-hydroxylation sites is 2. The zero-order valence-electron chi connectivity index (χ0n) is 10.1. The monoisotopic (exact) mass is 238 g/mol. The number of nitrogens with two attached hydrogens (primary N) is 1. The number of anilines is 1. The van der Waals surface area contributed by atoms with Gasteiger partial charge < -0.3 is 14.8 Å². The van der Waals surface area contributed by atoms with E-state index in [4.69, 9.17) is 15.3 Å². The van der Waals surface area contributed by atoms with E-state index in [9.17, 15) is 0 Å². The van der Waals surface area contributed by atoms with Crippen LogP contribution in [0.1, 0.15) is 0 Å². The third kappa shape index (κ3) is 4.29. The lowest BCUT2D eigenvalue weighted by Crippen LogP contribution is -2.36. The fraction of sp³-hybridized carbons (Fsp3) is 0.364. The number of hydrogen-bond acceptors (Lipinski definition) is 4. The molecular weight excluding hydrogens is 220 g/mol. The summed E-state index contributed by atoms with van der Waals surface area (Å²) in [5, 5.41) is 3.04. The predicted molar refractivity (Wildman–Crippen MR) is 68.1 cm³/mol. The van der Waals surface area contributed by atoms with Crippen LogP contribution in [-0.4, -0.2) is 33.3 Å². The molecule has 0 spiro atoms. The number of ether oxygens (including phenoxy) is 2. The summed E-state index contributed by atoms with van der Waals surface area (Å²) in [6, 6.07) is 7.52. The fourth-order valence-corrected chi connectivity index (χ4v) is 1.25. The molecule has 0 fully saturated rings. The van der Waals surface area contributed by atoms with Gasteiger partial charge in [0.15, 0.2) is 0 Å². The van der Waals surface area contributed by atoms with Gasteiger partial charge in [-0.3, -0.25) is 5.43 Å². The molecule has 1 rings (SSSR count). The van der Waals surface area contributed by atoms with Crippen molar-refractivity contribution in [3.05, 3.63) is 24.3 Å². The summed E-state index contributed by atoms with van der Waals surface area (Å²) >= 11 is 0. The molecule has 0 amide bonds. The standard InChI is InChI=1S/C11H18N4O2/c1-16-8-7-13-11(15-12)14-9-5-3-4-6-10(9)17-2/h3-6H,7-8,12H2,1-2H3,(H2,13,14,15). The first-order chi connectivity index (χ1) is 8.31. The SMILES string of the molecule is COCCN=C(NN)Nc1ccccc1OC. The number of nitrogens with one attached hydrogen (secondary N) is 2. The van der Waals surface area contributed by atoms with E-state index in [-0.39, 0.29) is 0 Å². The molecule has 0 aliphatic heterocycles. The van der Waals surface area contributed by atoms with Crippen molar-refractivity contribution in [1.82, 2.24) is 5.43 Å². The lowest BCUT2D eigenvalue weighted by atomic mass is 10.3. The van der Waals surface area contributed by atoms with Crippen LogP contribution < -0.4 is 21.3 Å². The van der Waals surface area contributed by atoms with E-state index in [2.05, 4.69) is 15.7 Å². The van der Waals surface area contributed by atoms with Crippen LogP contribution >= 0.6 is 0 Å². The Kier molecular flexibility index (Phi) is 5.84. The maximum Gasteiger partial charge on any atom is 0.210 e. The molecular formula is C11H18N4O2. The smallest absolute Gasteiger partial charge is 0.210 e. The highest BCUT2D eigenvalue weighted by Gasteiger charge is 2.03. The van der Waals surface area contributed by atoms with Crippen molar-refractivity contribution in [2.45, 2.75) is 0 Å². The van der Waals surface area contributed by atoms with E-state index in [1.54, 1.807) is 14.2 Å². The van der Waals surface area contributed by atoms with Gasteiger partial charge in [0.2, 0.25) is 5.96 Å². The molecule has 0 bridgehead atoms. The third-order valence-corrected chi connectivity index (χ3v) is 2.06. The van der Waals surface area contributed by atoms with Crippen molar-refractivity contribution in [3.63, 3.8) is 0 Å². The molecule has 17 heavy (non-hydrogen) atoms. The number of benzene rings is 1. The second kappa shape index (κ2) is 7.48. The summed E-state index contributed by atoms with van der Waals surface area (Å²) in [6.07, 6.45) is 0. The Morgan fingerprint density at radius 1 is 1.35 bits per heavy atom. The van der Waals surface area contributed by atoms with E-state index in [1.165, 1.54) is 0 Å². The van der Waals surface area contributed by atoms with Crippen LogP contribution in [0, 0.1) is 0 Å². The average Bonchev–Trinajstić information content (AvgIpc) is 2.38. The second-order valence-corrected chi connectivity index (χ2v) is 3.19. The van der Waals surface area contributed by atoms with E-state index in [0.717, 1.165) is 11.4 Å². The average molecular weight is 238 g/mol. The molecule has 0 aliphatic rings. The highest BCUT2D eigenvalue weighted by atomic mass is 16.5. The predicted octanol–water partition coefficient (Wildman–Crippen LogP) is 0.573. The van der Waals surface area contributed by atoms with Gasteiger partial charge >= 0.3 is 0 Å². The van der Waals surface area contributed by atoms with Gasteiger partial charge in [-0.15, -0.1) is 0 Å². The van der Waals surface area contributed by atoms with Gasteiger partial charge in [-0.2, -0.15) is 0 Å². The van der Waals surface area contributed by atoms with Crippen molar-refractivity contribution >= 4 is 11.6 Å². The quantitative estimate of drug-likeness (QED) is 0.230. The van der Waals surface area contributed by atoms with Gasteiger partial charge in [0.05, 0.1) is 25.9 Å². The van der Waals surface area contributed by atoms with Gasteiger partial charge in [-0.25, -0.2) is 10.8 Å². The Morgan fingerprint density at radius 3 is 2.76 bits per heavy atom. The zero-order chi connectivity index (χ0) is 12.5. The molecule has 6 heteroatoms. The molecule has 0 unspecified atom stereocenters. The molecule has 94 valence electrons. The first-order valence-electron chi connectivity index (χ1n) is 5.22. The number of guanidine groups is 1. The Hall–Kier alpha value is -1.79. The van der Waals surface area contributed by atoms with Crippen LogP contribution in [0.5, 0.6) is 5.75 Å². The highest BCUT2D eigenvalue weighted by molar-refractivity contribution is 5.94. The summed E-state index contributed by atoms with van der Waals surface area (Å²) in [5.74, 6) is 6.56. The summed E-state index contributed by atoms with van der Waals surface area (Å²) in [6.45, 7) is 1.07. The third-order valence-electron chi connectivity index (χ3n) is 2.06. The summed E-state index contributed by atoms with van der Waals surface area (Å²) < 4.78 is 10.1. The topological polar surface area (TPSA) is 80.9 Å². The van der Waals surface area contributed by atoms with E-state index < -0.39 is 0 Å². The van der Waals surface area contributed by atoms with Crippen LogP contribution in [0.3, 0.4) is 0 Å². The first kappa shape index (κ1) is 13.3. The van der Waals surface area contributed by atoms with E-state index in [1.807, 2.05) is 24.3 Å². The van der Waals surface area contributed by atoms with Crippen LogP contribution in [0.2, 0.25) is 0 Å². The lowest BCUT2D eigenvalue weighted by Gasteiger charge is -2.12. The lowest BCUT2D eigenvalue weighted by molar-refractivity contribution is 0.208. The molecule has 6 nitrogen and oxygen atoms in total. The van der Waals surface area contributed by atoms with Crippen molar-refractivity contribution < 1.29 is 9.47 Å². The van der Waals surface area contributed by atoms with Gasteiger partial charge in [-0.05, 0) is 12.1 Å². The molecule has 0 radical (unpaired) electrons. The molecule has 1 aromatic carbocycles. The molecule has 0 aliphatic carbocycles. The van der Waals surface area contributed by atoms with Crippen LogP contribution in [0.4, 0.5) is 5.69 Å². The highest BCUT2D eigenvalue weighted by Crippen LogP contribution is 2.22. The second-order valence-electron chi connectivity index (χ2n) is 3.19. The molecule has 0 aromatic heterocycles. The molecule has 0 heterocycles. The number of rotatable bonds is 5. The van der Waals surface area contributed by atoms with Gasteiger partial charge in [-0.1, -0.05) is 12.1 Å². The molecule has 1 aromatic rings. The van der Waals surface area contributed by atoms with Crippen molar-refractivity contribution in [3.8, 4) is 5.75 Å². The van der Waals surface area contributed by atoms with Crippen molar-refractivity contribution in [1.29, 1.82) is 0 Å². The van der Waals surface area contributed by atoms with E-state index >= 15 is 0 Å². The number of methoxy groups -OCH3 is 2. The van der Waals surface area contributed by atoms with Crippen molar-refractivity contribution in [2.24, 2.45) is 10.8 Å². The van der Waals surface area contributed by atoms with Gasteiger partial charge in [0.1, 0.15) is 5.75 Å². The Morgan fingerprint density at radius 2 is 2.12 bits per heavy atom. The number of aliphatic imine (C=N–C) groups is 1. The molecule has 0 saturated heterocycles. The summed E-state index contributed by atoms with van der Waals surface area (Å²) in [5.41, 5.74) is 3.28. The maximum atomic E-state index is 5.37. The Labute approximate surface area is 101 Å². The van der Waals surface area contributed by atoms with E-state index in [0.29, 0.717) is 19.1 Å². The number of hydrogen-bond donors (Lipinski definition) is 3. The summed E-state index contributed by atoms with van der Waals surface area (Å²) in [4.78, 5) is 4.19. The van der Waals surface area contributed by atoms with Gasteiger partial charge in [0.25, 0.3) is 0 Å². The van der Waals surface area contributed by atoms with Crippen LogP contribution in [0.25, 0.3) is 0 Å². The van der Waals surface area contributed by atoms with Crippen LogP contribution in [0.15, 0.2) is 29.3 Å². The zero-order valence-corrected chi connectivity index (χ0v) is 10.1. The minimum Gasteiger partial charge on any atom is -0.495 e. The normalized spacial score (nSPS) is 11.1. The maximum absolute atomic E-state index is 5.37. The summed E-state index contributed by atoms with van der Waals surface area (Å²) in [7, 11) is 3.23. The molecule has 4 N–H and O–H groups in total. The molecule has 0 saturated carbocycles. The number of nitrogens with zero attached hydrogens (tertiary/aromatic N) is 1. The van der Waals surface area contributed by atoms with Gasteiger partial charge in [0, 0.05) is 7.11 Å². The fourth-order valence-electron chi connectivity index (χ4n) is 1.25. The Bertz CT molecular complexity index is 368. The minimum atomic E-state index is 0.464. The number of hydrazine groups is 1. The van der Waals surface area contributed by atoms with Crippen LogP contribution in [-0.2, 0) is 4.74 Å². The molecule has 0 atom stereocenters. The largest absolute Gasteiger partial charge is 0.495 e. The van der Waals surface area contributed by atoms with Crippen molar-refractivity contribution in [2.75, 3.05) is 32.7 Å².